The minimum absolute atomic E-state index is 0.0381. The Morgan fingerprint density at radius 1 is 1.33 bits per heavy atom. The molecule has 0 aromatic heterocycles. The summed E-state index contributed by atoms with van der Waals surface area (Å²) in [6.07, 6.45) is 4.40. The second kappa shape index (κ2) is 6.09. The Kier molecular flexibility index (Phi) is 4.36. The molecule has 2 aliphatic rings. The number of nitrogens with one attached hydrogen (secondary N) is 1. The Morgan fingerprint density at radius 3 is 2.62 bits per heavy atom. The van der Waals surface area contributed by atoms with Crippen molar-refractivity contribution in [3.8, 4) is 0 Å². The van der Waals surface area contributed by atoms with Gasteiger partial charge in [-0.15, -0.1) is 0 Å². The van der Waals surface area contributed by atoms with Crippen molar-refractivity contribution in [3.05, 3.63) is 34.3 Å². The summed E-state index contributed by atoms with van der Waals surface area (Å²) in [5, 5.41) is 3.17. The van der Waals surface area contributed by atoms with Crippen molar-refractivity contribution in [2.45, 2.75) is 44.7 Å². The molecule has 4 heteroatoms. The maximum atomic E-state index is 12.5. The van der Waals surface area contributed by atoms with Crippen LogP contribution in [0, 0.1) is 17.8 Å². The Morgan fingerprint density at radius 2 is 2.00 bits per heavy atom. The fourth-order valence-electron chi connectivity index (χ4n) is 4.09. The van der Waals surface area contributed by atoms with Crippen LogP contribution in [0.15, 0.2) is 28.7 Å². The van der Waals surface area contributed by atoms with Crippen LogP contribution in [0.2, 0.25) is 0 Å². The number of nitrogens with two attached hydrogens (primary N) is 1. The van der Waals surface area contributed by atoms with Crippen molar-refractivity contribution in [2.24, 2.45) is 23.5 Å². The van der Waals surface area contributed by atoms with Gasteiger partial charge in [-0.2, -0.15) is 0 Å². The lowest BCUT2D eigenvalue weighted by Crippen LogP contribution is -2.47. The third-order valence-corrected chi connectivity index (χ3v) is 5.66. The Bertz CT molecular complexity index is 514. The van der Waals surface area contributed by atoms with Crippen LogP contribution in [-0.4, -0.2) is 18.0 Å². The van der Waals surface area contributed by atoms with Crippen LogP contribution in [0.5, 0.6) is 0 Å². The molecule has 2 fully saturated rings. The molecule has 0 aliphatic heterocycles. The summed E-state index contributed by atoms with van der Waals surface area (Å²) in [5.41, 5.74) is 7.48. The Balaban J connectivity index is 1.56. The number of halogens is 1. The monoisotopic (exact) mass is 350 g/mol. The maximum Gasteiger partial charge on any atom is 0.225 e. The van der Waals surface area contributed by atoms with Gasteiger partial charge in [-0.1, -0.05) is 28.1 Å². The zero-order valence-electron chi connectivity index (χ0n) is 12.4. The van der Waals surface area contributed by atoms with Crippen LogP contribution in [0.25, 0.3) is 0 Å². The summed E-state index contributed by atoms with van der Waals surface area (Å²) >= 11 is 3.44. The molecule has 3 N–H and O–H groups in total. The van der Waals surface area contributed by atoms with Crippen LogP contribution in [0.1, 0.15) is 31.7 Å². The van der Waals surface area contributed by atoms with Gasteiger partial charge in [0.15, 0.2) is 0 Å². The molecule has 2 bridgehead atoms. The Labute approximate surface area is 134 Å². The fourth-order valence-corrected chi connectivity index (χ4v) is 4.35. The fraction of sp³-hybridized carbons (Fsp3) is 0.588. The summed E-state index contributed by atoms with van der Waals surface area (Å²) in [5.74, 6) is 1.30. The molecule has 0 heterocycles. The van der Waals surface area contributed by atoms with Gasteiger partial charge in [0.2, 0.25) is 5.91 Å². The summed E-state index contributed by atoms with van der Waals surface area (Å²) in [6, 6.07) is 8.48. The molecule has 3 nitrogen and oxygen atoms in total. The lowest BCUT2D eigenvalue weighted by atomic mass is 9.84. The van der Waals surface area contributed by atoms with Gasteiger partial charge in [-0.05, 0) is 62.1 Å². The maximum absolute atomic E-state index is 12.5. The highest BCUT2D eigenvalue weighted by atomic mass is 79.9. The van der Waals surface area contributed by atoms with E-state index in [0.717, 1.165) is 17.3 Å². The number of hydrogen-bond donors (Lipinski definition) is 2. The highest BCUT2D eigenvalue weighted by molar-refractivity contribution is 9.10. The van der Waals surface area contributed by atoms with E-state index in [1.165, 1.54) is 18.4 Å². The number of amides is 1. The smallest absolute Gasteiger partial charge is 0.225 e. The van der Waals surface area contributed by atoms with Crippen molar-refractivity contribution in [3.63, 3.8) is 0 Å². The van der Waals surface area contributed by atoms with Crippen molar-refractivity contribution in [2.75, 3.05) is 0 Å². The molecule has 0 saturated heterocycles. The highest BCUT2D eigenvalue weighted by Crippen LogP contribution is 2.47. The summed E-state index contributed by atoms with van der Waals surface area (Å²) in [7, 11) is 0. The van der Waals surface area contributed by atoms with Crippen LogP contribution in [0.4, 0.5) is 0 Å². The third kappa shape index (κ3) is 3.16. The molecule has 5 atom stereocenters. The average Bonchev–Trinajstić information content (AvgIpc) is 3.01. The number of benzene rings is 1. The molecule has 3 rings (SSSR count). The molecule has 5 unspecified atom stereocenters. The van der Waals surface area contributed by atoms with E-state index in [4.69, 9.17) is 5.73 Å². The van der Waals surface area contributed by atoms with Gasteiger partial charge in [0, 0.05) is 16.6 Å². The molecule has 0 spiro atoms. The first-order chi connectivity index (χ1) is 10.0. The number of fused-ring (bicyclic) bond motifs is 2. The number of rotatable bonds is 4. The van der Waals surface area contributed by atoms with Gasteiger partial charge in [-0.3, -0.25) is 4.79 Å². The minimum atomic E-state index is 0.0381. The van der Waals surface area contributed by atoms with Gasteiger partial charge >= 0.3 is 0 Å². The molecule has 1 aromatic carbocycles. The Hall–Kier alpha value is -0.870. The lowest BCUT2D eigenvalue weighted by molar-refractivity contribution is -0.127. The molecular weight excluding hydrogens is 328 g/mol. The highest BCUT2D eigenvalue weighted by Gasteiger charge is 2.49. The molecule has 0 radical (unpaired) electrons. The SMILES string of the molecule is CC(Cc1ccc(Br)cc1)NC(=O)C1C2CCC(C2)C1N. The van der Waals surface area contributed by atoms with E-state index < -0.39 is 0 Å². The van der Waals surface area contributed by atoms with Gasteiger partial charge in [0.1, 0.15) is 0 Å². The summed E-state index contributed by atoms with van der Waals surface area (Å²) in [4.78, 5) is 12.5. The number of hydrogen-bond acceptors (Lipinski definition) is 2. The van der Waals surface area contributed by atoms with Crippen LogP contribution in [0.3, 0.4) is 0 Å². The summed E-state index contributed by atoms with van der Waals surface area (Å²) < 4.78 is 1.08. The quantitative estimate of drug-likeness (QED) is 0.877. The van der Waals surface area contributed by atoms with E-state index in [1.807, 2.05) is 12.1 Å². The van der Waals surface area contributed by atoms with Crippen molar-refractivity contribution >= 4 is 21.8 Å². The minimum Gasteiger partial charge on any atom is -0.353 e. The van der Waals surface area contributed by atoms with Gasteiger partial charge in [-0.25, -0.2) is 0 Å². The molecule has 1 aromatic rings. The molecule has 2 saturated carbocycles. The van der Waals surface area contributed by atoms with Crippen molar-refractivity contribution in [1.29, 1.82) is 0 Å². The van der Waals surface area contributed by atoms with E-state index in [9.17, 15) is 4.79 Å². The molecule has 1 amide bonds. The average molecular weight is 351 g/mol. The van der Waals surface area contributed by atoms with Crippen LogP contribution in [-0.2, 0) is 11.2 Å². The topological polar surface area (TPSA) is 55.1 Å². The van der Waals surface area contributed by atoms with Crippen LogP contribution < -0.4 is 11.1 Å². The van der Waals surface area contributed by atoms with Crippen molar-refractivity contribution in [1.82, 2.24) is 5.32 Å². The van der Waals surface area contributed by atoms with Gasteiger partial charge in [0.05, 0.1) is 5.92 Å². The van der Waals surface area contributed by atoms with E-state index in [1.54, 1.807) is 0 Å². The zero-order chi connectivity index (χ0) is 15.0. The number of carbonyl (C=O) groups excluding carboxylic acids is 1. The lowest BCUT2D eigenvalue weighted by Gasteiger charge is -2.28. The number of carbonyl (C=O) groups is 1. The van der Waals surface area contributed by atoms with Crippen molar-refractivity contribution < 1.29 is 4.79 Å². The second-order valence-electron chi connectivity index (χ2n) is 6.68. The van der Waals surface area contributed by atoms with E-state index in [-0.39, 0.29) is 23.9 Å². The normalized spacial score (nSPS) is 32.1. The van der Waals surface area contributed by atoms with Gasteiger partial charge < -0.3 is 11.1 Å². The van der Waals surface area contributed by atoms with E-state index >= 15 is 0 Å². The first-order valence-corrected chi connectivity index (χ1v) is 8.64. The predicted molar refractivity (Wildman–Crippen MR) is 87.7 cm³/mol. The molecule has 114 valence electrons. The van der Waals surface area contributed by atoms with Gasteiger partial charge in [0.25, 0.3) is 0 Å². The molecular formula is C17H23BrN2O. The molecule has 21 heavy (non-hydrogen) atoms. The molecule has 2 aliphatic carbocycles. The standard InChI is InChI=1S/C17H23BrN2O/c1-10(8-11-2-6-14(18)7-3-11)20-17(21)15-12-4-5-13(9-12)16(15)19/h2-3,6-7,10,12-13,15-16H,4-5,8-9,19H2,1H3,(H,20,21). The van der Waals surface area contributed by atoms with E-state index in [2.05, 4.69) is 40.3 Å². The second-order valence-corrected chi connectivity index (χ2v) is 7.59. The first-order valence-electron chi connectivity index (χ1n) is 7.85. The largest absolute Gasteiger partial charge is 0.353 e. The predicted octanol–water partition coefficient (Wildman–Crippen LogP) is 2.87. The van der Waals surface area contributed by atoms with Crippen LogP contribution >= 0.6 is 15.9 Å². The summed E-state index contributed by atoms with van der Waals surface area (Å²) in [6.45, 7) is 2.07. The van der Waals surface area contributed by atoms with E-state index in [0.29, 0.717) is 11.8 Å². The third-order valence-electron chi connectivity index (χ3n) is 5.13. The zero-order valence-corrected chi connectivity index (χ0v) is 14.0. The first kappa shape index (κ1) is 15.0.